The lowest BCUT2D eigenvalue weighted by Gasteiger charge is -2.22. The Bertz CT molecular complexity index is 794. The van der Waals surface area contributed by atoms with Gasteiger partial charge in [-0.2, -0.15) is 5.10 Å². The number of hydrogen-bond acceptors (Lipinski definition) is 5. The Morgan fingerprint density at radius 3 is 2.79 bits per heavy atom. The summed E-state index contributed by atoms with van der Waals surface area (Å²) in [6.07, 6.45) is 4.10. The highest BCUT2D eigenvalue weighted by molar-refractivity contribution is 14.0. The molecule has 2 saturated heterocycles. The van der Waals surface area contributed by atoms with Gasteiger partial charge in [0.05, 0.1) is 25.4 Å². The Hall–Kier alpha value is -1.88. The number of guanidine groups is 1. The van der Waals surface area contributed by atoms with Crippen LogP contribution in [-0.2, 0) is 11.3 Å². The zero-order valence-electron chi connectivity index (χ0n) is 16.1. The number of aromatic nitrogens is 3. The summed E-state index contributed by atoms with van der Waals surface area (Å²) in [5, 5.41) is 14.1. The number of methoxy groups -OCH3 is 1. The number of nitrogens with zero attached hydrogens (tertiary/aromatic N) is 3. The number of rotatable bonds is 6. The fourth-order valence-corrected chi connectivity index (χ4v) is 3.67. The topological polar surface area (TPSA) is 96.5 Å². The minimum absolute atomic E-state index is 0. The summed E-state index contributed by atoms with van der Waals surface area (Å²) in [6, 6.07) is 8.01. The number of benzene rings is 1. The molecule has 0 aliphatic carbocycles. The number of nitrogens with one attached hydrogen (secondary N) is 3. The van der Waals surface area contributed by atoms with Gasteiger partial charge in [-0.05, 0) is 50.5 Å². The Morgan fingerprint density at radius 2 is 2.14 bits per heavy atom. The molecule has 1 aromatic carbocycles. The number of aromatic amines is 1. The van der Waals surface area contributed by atoms with E-state index >= 15 is 0 Å². The lowest BCUT2D eigenvalue weighted by atomic mass is 9.96. The summed E-state index contributed by atoms with van der Waals surface area (Å²) in [7, 11) is 1.65. The van der Waals surface area contributed by atoms with Gasteiger partial charge in [-0.15, -0.1) is 24.0 Å². The van der Waals surface area contributed by atoms with Crippen molar-refractivity contribution in [1.29, 1.82) is 0 Å². The average Bonchev–Trinajstić information content (AvgIpc) is 3.43. The van der Waals surface area contributed by atoms with Crippen LogP contribution in [0.15, 0.2) is 29.3 Å². The smallest absolute Gasteiger partial charge is 0.192 e. The number of halogens is 1. The summed E-state index contributed by atoms with van der Waals surface area (Å²) < 4.78 is 11.1. The zero-order chi connectivity index (χ0) is 18.6. The van der Waals surface area contributed by atoms with Crippen molar-refractivity contribution in [2.45, 2.75) is 51.0 Å². The maximum atomic E-state index is 5.91. The minimum Gasteiger partial charge on any atom is -0.497 e. The van der Waals surface area contributed by atoms with E-state index in [9.17, 15) is 0 Å². The largest absolute Gasteiger partial charge is 0.497 e. The number of aliphatic imine (C=N–C) groups is 1. The quantitative estimate of drug-likeness (QED) is 0.322. The van der Waals surface area contributed by atoms with Gasteiger partial charge in [0.1, 0.15) is 18.1 Å². The van der Waals surface area contributed by atoms with Crippen LogP contribution < -0.4 is 15.4 Å². The normalized spacial score (nSPS) is 23.4. The second kappa shape index (κ2) is 9.55. The number of fused-ring (bicyclic) bond motifs is 2. The predicted octanol–water partition coefficient (Wildman–Crippen LogP) is 2.47. The Morgan fingerprint density at radius 1 is 1.32 bits per heavy atom. The van der Waals surface area contributed by atoms with Crippen LogP contribution in [0.5, 0.6) is 5.75 Å². The van der Waals surface area contributed by atoms with E-state index in [2.05, 4.69) is 37.7 Å². The standard InChI is InChI=1S/C19H26N6O2.HI/c1-3-20-19(22-15-10-14-8-9-16(15)27-14)21-11-17-23-18(25-24-17)12-4-6-13(26-2)7-5-12;/h4-7,14-16H,3,8-11H2,1-2H3,(H2,20,21,22)(H,23,24,25);1H. The Labute approximate surface area is 181 Å². The minimum atomic E-state index is 0. The van der Waals surface area contributed by atoms with Crippen molar-refractivity contribution in [3.8, 4) is 17.1 Å². The summed E-state index contributed by atoms with van der Waals surface area (Å²) in [5.74, 6) is 2.98. The molecule has 8 nitrogen and oxygen atoms in total. The Balaban J connectivity index is 0.00000225. The fourth-order valence-electron chi connectivity index (χ4n) is 3.67. The molecule has 1 aromatic heterocycles. The molecule has 4 rings (SSSR count). The lowest BCUT2D eigenvalue weighted by molar-refractivity contribution is 0.0992. The molecular weight excluding hydrogens is 471 g/mol. The second-order valence-corrected chi connectivity index (χ2v) is 6.89. The van der Waals surface area contributed by atoms with Crippen LogP contribution in [-0.4, -0.2) is 53.0 Å². The molecule has 3 N–H and O–H groups in total. The molecule has 0 amide bonds. The van der Waals surface area contributed by atoms with Crippen LogP contribution in [0, 0.1) is 0 Å². The molecule has 3 unspecified atom stereocenters. The first kappa shape index (κ1) is 20.8. The predicted molar refractivity (Wildman–Crippen MR) is 118 cm³/mol. The van der Waals surface area contributed by atoms with E-state index in [1.54, 1.807) is 7.11 Å². The van der Waals surface area contributed by atoms with Crippen LogP contribution >= 0.6 is 24.0 Å². The summed E-state index contributed by atoms with van der Waals surface area (Å²) in [6.45, 7) is 3.30. The van der Waals surface area contributed by atoms with Gasteiger partial charge in [-0.3, -0.25) is 5.10 Å². The van der Waals surface area contributed by atoms with Gasteiger partial charge in [0.15, 0.2) is 11.8 Å². The van der Waals surface area contributed by atoms with E-state index in [0.717, 1.165) is 42.5 Å². The molecule has 2 bridgehead atoms. The highest BCUT2D eigenvalue weighted by Crippen LogP contribution is 2.34. The van der Waals surface area contributed by atoms with Gasteiger partial charge < -0.3 is 20.1 Å². The third kappa shape index (κ3) is 4.75. The zero-order valence-corrected chi connectivity index (χ0v) is 18.5. The highest BCUT2D eigenvalue weighted by atomic mass is 127. The van der Waals surface area contributed by atoms with Crippen molar-refractivity contribution in [3.63, 3.8) is 0 Å². The van der Waals surface area contributed by atoms with Crippen molar-refractivity contribution in [2.75, 3.05) is 13.7 Å². The van der Waals surface area contributed by atoms with Crippen molar-refractivity contribution < 1.29 is 9.47 Å². The number of H-pyrrole nitrogens is 1. The first-order valence-corrected chi connectivity index (χ1v) is 9.51. The van der Waals surface area contributed by atoms with Gasteiger partial charge in [0, 0.05) is 12.1 Å². The summed E-state index contributed by atoms with van der Waals surface area (Å²) in [5.41, 5.74) is 0.937. The van der Waals surface area contributed by atoms with Crippen molar-refractivity contribution in [1.82, 2.24) is 25.8 Å². The molecule has 28 heavy (non-hydrogen) atoms. The van der Waals surface area contributed by atoms with Crippen molar-refractivity contribution >= 4 is 29.9 Å². The molecule has 152 valence electrons. The van der Waals surface area contributed by atoms with Crippen molar-refractivity contribution in [2.24, 2.45) is 4.99 Å². The first-order valence-electron chi connectivity index (χ1n) is 9.51. The number of hydrogen-bond donors (Lipinski definition) is 3. The van der Waals surface area contributed by atoms with E-state index in [-0.39, 0.29) is 24.0 Å². The summed E-state index contributed by atoms with van der Waals surface area (Å²) in [4.78, 5) is 9.19. The average molecular weight is 498 g/mol. The van der Waals surface area contributed by atoms with Crippen LogP contribution in [0.4, 0.5) is 0 Å². The number of ether oxygens (including phenoxy) is 2. The van der Waals surface area contributed by atoms with Crippen LogP contribution in [0.3, 0.4) is 0 Å². The molecule has 0 saturated carbocycles. The fraction of sp³-hybridized carbons (Fsp3) is 0.526. The maximum absolute atomic E-state index is 5.91. The van der Waals surface area contributed by atoms with E-state index in [1.807, 2.05) is 24.3 Å². The second-order valence-electron chi connectivity index (χ2n) is 6.89. The maximum Gasteiger partial charge on any atom is 0.192 e. The molecule has 2 aliphatic heterocycles. The Kier molecular flexibility index (Phi) is 7.11. The monoisotopic (exact) mass is 498 g/mol. The molecule has 3 atom stereocenters. The van der Waals surface area contributed by atoms with Gasteiger partial charge in [-0.1, -0.05) is 0 Å². The lowest BCUT2D eigenvalue weighted by Crippen LogP contribution is -2.47. The SMILES string of the molecule is CCNC(=NCc1nc(-c2ccc(OC)cc2)n[nH]1)NC1CC2CCC1O2.I. The molecule has 2 aromatic rings. The van der Waals surface area contributed by atoms with Gasteiger partial charge in [0.2, 0.25) is 0 Å². The van der Waals surface area contributed by atoms with Crippen LogP contribution in [0.2, 0.25) is 0 Å². The van der Waals surface area contributed by atoms with E-state index in [4.69, 9.17) is 9.47 Å². The molecular formula is C19H27IN6O2. The van der Waals surface area contributed by atoms with Gasteiger partial charge >= 0.3 is 0 Å². The van der Waals surface area contributed by atoms with Gasteiger partial charge in [-0.25, -0.2) is 9.98 Å². The van der Waals surface area contributed by atoms with Crippen LogP contribution in [0.25, 0.3) is 11.4 Å². The molecule has 0 radical (unpaired) electrons. The first-order chi connectivity index (χ1) is 13.2. The molecule has 2 aliphatic rings. The molecule has 9 heteroatoms. The molecule has 0 spiro atoms. The van der Waals surface area contributed by atoms with E-state index < -0.39 is 0 Å². The third-order valence-corrected chi connectivity index (χ3v) is 5.04. The van der Waals surface area contributed by atoms with Crippen LogP contribution in [0.1, 0.15) is 32.0 Å². The van der Waals surface area contributed by atoms with Gasteiger partial charge in [0.25, 0.3) is 0 Å². The highest BCUT2D eigenvalue weighted by Gasteiger charge is 2.41. The third-order valence-electron chi connectivity index (χ3n) is 5.04. The summed E-state index contributed by atoms with van der Waals surface area (Å²) >= 11 is 0. The van der Waals surface area contributed by atoms with Crippen molar-refractivity contribution in [3.05, 3.63) is 30.1 Å². The molecule has 3 heterocycles. The van der Waals surface area contributed by atoms with E-state index in [1.165, 1.54) is 6.42 Å². The van der Waals surface area contributed by atoms with E-state index in [0.29, 0.717) is 30.6 Å². The molecule has 2 fully saturated rings.